The van der Waals surface area contributed by atoms with Crippen molar-refractivity contribution < 1.29 is 5.11 Å². The van der Waals surface area contributed by atoms with Gasteiger partial charge in [-0.2, -0.15) is 0 Å². The molecule has 0 aliphatic rings. The molecule has 0 aliphatic heterocycles. The molecule has 2 rings (SSSR count). The number of nitrogens with zero attached hydrogens (tertiary/aromatic N) is 1. The number of halogens is 1. The molecule has 4 heteroatoms. The molecule has 1 N–H and O–H groups in total. The van der Waals surface area contributed by atoms with Crippen LogP contribution < -0.4 is 0 Å². The third-order valence-corrected chi connectivity index (χ3v) is 4.14. The van der Waals surface area contributed by atoms with E-state index in [-0.39, 0.29) is 0 Å². The molecule has 1 atom stereocenters. The summed E-state index contributed by atoms with van der Waals surface area (Å²) in [6.07, 6.45) is -0.645. The van der Waals surface area contributed by atoms with Gasteiger partial charge in [-0.25, -0.2) is 0 Å². The Balaban J connectivity index is 2.36. The summed E-state index contributed by atoms with van der Waals surface area (Å²) in [5, 5.41) is 13.0. The topological polar surface area (TPSA) is 23.5 Å². The Morgan fingerprint density at radius 3 is 2.61 bits per heavy atom. The van der Waals surface area contributed by atoms with E-state index in [1.165, 1.54) is 11.3 Å². The van der Waals surface area contributed by atoms with Gasteiger partial charge < -0.3 is 10.0 Å². The van der Waals surface area contributed by atoms with Crippen molar-refractivity contribution in [3.8, 4) is 0 Å². The second-order valence-electron chi connectivity index (χ2n) is 4.47. The molecule has 1 aromatic heterocycles. The summed E-state index contributed by atoms with van der Waals surface area (Å²) in [7, 11) is 4.03. The fourth-order valence-corrected chi connectivity index (χ4v) is 3.09. The number of rotatable bonds is 4. The van der Waals surface area contributed by atoms with Crippen LogP contribution in [0.15, 0.2) is 35.7 Å². The number of aliphatic hydroxyl groups is 1. The van der Waals surface area contributed by atoms with Crippen molar-refractivity contribution in [2.24, 2.45) is 0 Å². The van der Waals surface area contributed by atoms with Crippen LogP contribution in [-0.2, 0) is 6.54 Å². The molecule has 1 aromatic carbocycles. The summed E-state index contributed by atoms with van der Waals surface area (Å²) < 4.78 is 0. The highest BCUT2D eigenvalue weighted by Gasteiger charge is 2.18. The minimum absolute atomic E-state index is 0.632. The predicted octanol–water partition coefficient (Wildman–Crippen LogP) is 3.54. The molecular formula is C14H16ClNOS. The van der Waals surface area contributed by atoms with Crippen LogP contribution in [0.25, 0.3) is 0 Å². The summed E-state index contributed by atoms with van der Waals surface area (Å²) in [6.45, 7) is 0.802. The highest BCUT2D eigenvalue weighted by molar-refractivity contribution is 7.10. The van der Waals surface area contributed by atoms with E-state index in [0.29, 0.717) is 5.02 Å². The van der Waals surface area contributed by atoms with Crippen LogP contribution in [-0.4, -0.2) is 24.1 Å². The summed E-state index contributed by atoms with van der Waals surface area (Å²) in [6, 6.07) is 9.75. The fraction of sp³-hybridized carbons (Fsp3) is 0.286. The van der Waals surface area contributed by atoms with E-state index in [0.717, 1.165) is 22.5 Å². The van der Waals surface area contributed by atoms with E-state index in [2.05, 4.69) is 4.90 Å². The number of hydrogen-bond acceptors (Lipinski definition) is 3. The first-order chi connectivity index (χ1) is 8.59. The van der Waals surface area contributed by atoms with Gasteiger partial charge in [0, 0.05) is 6.54 Å². The molecule has 0 fully saturated rings. The van der Waals surface area contributed by atoms with Gasteiger partial charge >= 0.3 is 0 Å². The van der Waals surface area contributed by atoms with Crippen molar-refractivity contribution >= 4 is 22.9 Å². The lowest BCUT2D eigenvalue weighted by Gasteiger charge is -2.17. The molecule has 2 nitrogen and oxygen atoms in total. The van der Waals surface area contributed by atoms with Crippen LogP contribution in [0.4, 0.5) is 0 Å². The SMILES string of the molecule is CN(C)Cc1ccccc1C(O)c1sccc1Cl. The predicted molar refractivity (Wildman–Crippen MR) is 77.2 cm³/mol. The van der Waals surface area contributed by atoms with Gasteiger partial charge in [-0.15, -0.1) is 11.3 Å². The minimum atomic E-state index is -0.645. The van der Waals surface area contributed by atoms with Crippen LogP contribution in [0.2, 0.25) is 5.02 Å². The Labute approximate surface area is 116 Å². The van der Waals surface area contributed by atoms with Gasteiger partial charge in [-0.3, -0.25) is 0 Å². The molecule has 0 bridgehead atoms. The van der Waals surface area contributed by atoms with E-state index in [9.17, 15) is 5.11 Å². The quantitative estimate of drug-likeness (QED) is 0.926. The fourth-order valence-electron chi connectivity index (χ4n) is 1.93. The van der Waals surface area contributed by atoms with Crippen molar-refractivity contribution in [2.75, 3.05) is 14.1 Å². The maximum atomic E-state index is 10.5. The first-order valence-corrected chi connectivity index (χ1v) is 6.99. The lowest BCUT2D eigenvalue weighted by molar-refractivity contribution is 0.221. The molecular weight excluding hydrogens is 266 g/mol. The average molecular weight is 282 g/mol. The van der Waals surface area contributed by atoms with Gasteiger partial charge in [0.1, 0.15) is 6.10 Å². The van der Waals surface area contributed by atoms with E-state index < -0.39 is 6.10 Å². The maximum absolute atomic E-state index is 10.5. The molecule has 0 radical (unpaired) electrons. The zero-order chi connectivity index (χ0) is 13.1. The van der Waals surface area contributed by atoms with E-state index in [1.807, 2.05) is 49.8 Å². The summed E-state index contributed by atoms with van der Waals surface area (Å²) in [4.78, 5) is 2.89. The van der Waals surface area contributed by atoms with Crippen LogP contribution in [0.1, 0.15) is 22.1 Å². The van der Waals surface area contributed by atoms with Gasteiger partial charge in [0.25, 0.3) is 0 Å². The summed E-state index contributed by atoms with van der Waals surface area (Å²) in [5.41, 5.74) is 2.05. The first kappa shape index (κ1) is 13.6. The second kappa shape index (κ2) is 5.85. The lowest BCUT2D eigenvalue weighted by atomic mass is 10.0. The smallest absolute Gasteiger partial charge is 0.115 e. The molecule has 96 valence electrons. The zero-order valence-corrected chi connectivity index (χ0v) is 12.0. The Morgan fingerprint density at radius 1 is 1.28 bits per heavy atom. The molecule has 0 saturated carbocycles. The van der Waals surface area contributed by atoms with Gasteiger partial charge in [0.05, 0.1) is 9.90 Å². The summed E-state index contributed by atoms with van der Waals surface area (Å²) in [5.74, 6) is 0. The van der Waals surface area contributed by atoms with Crippen molar-refractivity contribution in [2.45, 2.75) is 12.6 Å². The normalized spacial score (nSPS) is 12.9. The van der Waals surface area contributed by atoms with Crippen LogP contribution in [0.5, 0.6) is 0 Å². The summed E-state index contributed by atoms with van der Waals surface area (Å²) >= 11 is 7.57. The maximum Gasteiger partial charge on any atom is 0.115 e. The largest absolute Gasteiger partial charge is 0.383 e. The Bertz CT molecular complexity index is 524. The second-order valence-corrected chi connectivity index (χ2v) is 5.83. The highest BCUT2D eigenvalue weighted by Crippen LogP contribution is 2.34. The van der Waals surface area contributed by atoms with Gasteiger partial charge in [-0.1, -0.05) is 35.9 Å². The monoisotopic (exact) mass is 281 g/mol. The number of thiophene rings is 1. The molecule has 1 heterocycles. The lowest BCUT2D eigenvalue weighted by Crippen LogP contribution is -2.13. The van der Waals surface area contributed by atoms with Crippen LogP contribution in [0, 0.1) is 0 Å². The van der Waals surface area contributed by atoms with E-state index in [1.54, 1.807) is 0 Å². The zero-order valence-electron chi connectivity index (χ0n) is 10.4. The van der Waals surface area contributed by atoms with E-state index >= 15 is 0 Å². The molecule has 1 unspecified atom stereocenters. The Hall–Kier alpha value is -0.870. The van der Waals surface area contributed by atoms with Crippen molar-refractivity contribution in [3.63, 3.8) is 0 Å². The van der Waals surface area contributed by atoms with Gasteiger partial charge in [0.15, 0.2) is 0 Å². The first-order valence-electron chi connectivity index (χ1n) is 5.73. The van der Waals surface area contributed by atoms with Gasteiger partial charge in [0.2, 0.25) is 0 Å². The molecule has 0 spiro atoms. The molecule has 0 amide bonds. The number of benzene rings is 1. The minimum Gasteiger partial charge on any atom is -0.383 e. The van der Waals surface area contributed by atoms with Crippen LogP contribution in [0.3, 0.4) is 0 Å². The molecule has 0 saturated heterocycles. The van der Waals surface area contributed by atoms with Crippen LogP contribution >= 0.6 is 22.9 Å². The van der Waals surface area contributed by atoms with E-state index in [4.69, 9.17) is 11.6 Å². The number of aliphatic hydroxyl groups excluding tert-OH is 1. The third kappa shape index (κ3) is 2.93. The number of hydrogen-bond donors (Lipinski definition) is 1. The third-order valence-electron chi connectivity index (χ3n) is 2.73. The standard InChI is InChI=1S/C14H16ClNOS/c1-16(2)9-10-5-3-4-6-11(10)13(17)14-12(15)7-8-18-14/h3-8,13,17H,9H2,1-2H3. The Kier molecular flexibility index (Phi) is 4.40. The van der Waals surface area contributed by atoms with Crippen molar-refractivity contribution in [3.05, 3.63) is 56.7 Å². The van der Waals surface area contributed by atoms with Gasteiger partial charge in [-0.05, 0) is 36.7 Å². The molecule has 0 aliphatic carbocycles. The highest BCUT2D eigenvalue weighted by atomic mass is 35.5. The van der Waals surface area contributed by atoms with Crippen molar-refractivity contribution in [1.82, 2.24) is 4.90 Å². The molecule has 18 heavy (non-hydrogen) atoms. The Morgan fingerprint density at radius 2 is 2.00 bits per heavy atom. The molecule has 2 aromatic rings. The van der Waals surface area contributed by atoms with Crippen molar-refractivity contribution in [1.29, 1.82) is 0 Å². The average Bonchev–Trinajstić information content (AvgIpc) is 2.74.